The minimum absolute atomic E-state index is 0.156. The van der Waals surface area contributed by atoms with Crippen molar-refractivity contribution in [2.75, 3.05) is 18.4 Å². The van der Waals surface area contributed by atoms with Crippen molar-refractivity contribution in [2.24, 2.45) is 0 Å². The Balaban J connectivity index is 2.89. The highest BCUT2D eigenvalue weighted by atomic mass is 32.2. The molecule has 1 amide bonds. The molecular weight excluding hydrogens is 332 g/mol. The van der Waals surface area contributed by atoms with E-state index in [9.17, 15) is 18.0 Å². The SMILES string of the molecule is CCCN(CCC)S(=O)(=O)c1ccc(NC(=O)/C=C/C(=O)O)cc1. The molecule has 0 heterocycles. The first-order valence-electron chi connectivity index (χ1n) is 7.63. The summed E-state index contributed by atoms with van der Waals surface area (Å²) in [4.78, 5) is 22.0. The van der Waals surface area contributed by atoms with Crippen molar-refractivity contribution in [3.8, 4) is 0 Å². The Morgan fingerprint density at radius 1 is 1.08 bits per heavy atom. The maximum Gasteiger partial charge on any atom is 0.328 e. The van der Waals surface area contributed by atoms with Crippen LogP contribution in [0, 0.1) is 0 Å². The van der Waals surface area contributed by atoms with Gasteiger partial charge in [-0.1, -0.05) is 13.8 Å². The number of nitrogens with one attached hydrogen (secondary N) is 1. The number of sulfonamides is 1. The number of hydrogen-bond donors (Lipinski definition) is 2. The van der Waals surface area contributed by atoms with Crippen LogP contribution in [0.15, 0.2) is 41.3 Å². The number of hydrogen-bond acceptors (Lipinski definition) is 4. The number of carboxylic acids is 1. The minimum atomic E-state index is -3.56. The number of benzene rings is 1. The third-order valence-corrected chi connectivity index (χ3v) is 5.00. The first-order valence-corrected chi connectivity index (χ1v) is 9.07. The van der Waals surface area contributed by atoms with Gasteiger partial charge in [0, 0.05) is 30.9 Å². The second kappa shape index (κ2) is 9.19. The van der Waals surface area contributed by atoms with Crippen LogP contribution in [-0.2, 0) is 19.6 Å². The van der Waals surface area contributed by atoms with Gasteiger partial charge in [0.05, 0.1) is 4.90 Å². The Bertz CT molecular complexity index is 690. The lowest BCUT2D eigenvalue weighted by molar-refractivity contribution is -0.131. The molecule has 8 heteroatoms. The maximum absolute atomic E-state index is 12.6. The summed E-state index contributed by atoms with van der Waals surface area (Å²) in [5.74, 6) is -1.83. The molecule has 0 aliphatic carbocycles. The average Bonchev–Trinajstić information content (AvgIpc) is 2.53. The van der Waals surface area contributed by atoms with Crippen molar-refractivity contribution < 1.29 is 23.1 Å². The number of carbonyl (C=O) groups is 2. The van der Waals surface area contributed by atoms with Crippen LogP contribution in [0.25, 0.3) is 0 Å². The Labute approximate surface area is 142 Å². The molecule has 0 aliphatic rings. The largest absolute Gasteiger partial charge is 0.478 e. The smallest absolute Gasteiger partial charge is 0.328 e. The molecule has 0 aliphatic heterocycles. The molecule has 0 spiro atoms. The fourth-order valence-electron chi connectivity index (χ4n) is 2.04. The lowest BCUT2D eigenvalue weighted by Crippen LogP contribution is -2.32. The van der Waals surface area contributed by atoms with Crippen LogP contribution >= 0.6 is 0 Å². The highest BCUT2D eigenvalue weighted by Gasteiger charge is 2.22. The van der Waals surface area contributed by atoms with Gasteiger partial charge in [0.25, 0.3) is 0 Å². The number of carbonyl (C=O) groups excluding carboxylic acids is 1. The molecule has 0 bridgehead atoms. The quantitative estimate of drug-likeness (QED) is 0.661. The molecule has 1 aromatic rings. The summed E-state index contributed by atoms with van der Waals surface area (Å²) in [7, 11) is -3.56. The number of amides is 1. The van der Waals surface area contributed by atoms with Crippen LogP contribution in [0.5, 0.6) is 0 Å². The van der Waals surface area contributed by atoms with Gasteiger partial charge in [0.1, 0.15) is 0 Å². The second-order valence-corrected chi connectivity index (χ2v) is 7.03. The van der Waals surface area contributed by atoms with Crippen LogP contribution in [0.1, 0.15) is 26.7 Å². The molecule has 24 heavy (non-hydrogen) atoms. The second-order valence-electron chi connectivity index (χ2n) is 5.09. The van der Waals surface area contributed by atoms with Crippen molar-refractivity contribution in [1.29, 1.82) is 0 Å². The van der Waals surface area contributed by atoms with Crippen LogP contribution in [-0.4, -0.2) is 42.8 Å². The zero-order chi connectivity index (χ0) is 18.2. The molecule has 0 saturated carbocycles. The summed E-state index contributed by atoms with van der Waals surface area (Å²) in [5, 5.41) is 10.9. The number of carboxylic acid groups (broad SMARTS) is 1. The number of aliphatic carboxylic acids is 1. The molecule has 2 N–H and O–H groups in total. The summed E-state index contributed by atoms with van der Waals surface area (Å²) >= 11 is 0. The average molecular weight is 354 g/mol. The highest BCUT2D eigenvalue weighted by molar-refractivity contribution is 7.89. The molecule has 7 nitrogen and oxygen atoms in total. The molecule has 1 aromatic carbocycles. The van der Waals surface area contributed by atoms with Gasteiger partial charge >= 0.3 is 5.97 Å². The predicted octanol–water partition coefficient (Wildman–Crippen LogP) is 2.08. The van der Waals surface area contributed by atoms with E-state index < -0.39 is 21.9 Å². The van der Waals surface area contributed by atoms with Gasteiger partial charge in [-0.05, 0) is 37.1 Å². The molecule has 0 radical (unpaired) electrons. The number of anilines is 1. The fourth-order valence-corrected chi connectivity index (χ4v) is 3.67. The monoisotopic (exact) mass is 354 g/mol. The third-order valence-electron chi connectivity index (χ3n) is 3.08. The van der Waals surface area contributed by atoms with E-state index in [1.54, 1.807) is 0 Å². The van der Waals surface area contributed by atoms with E-state index in [0.29, 0.717) is 18.8 Å². The van der Waals surface area contributed by atoms with Gasteiger partial charge < -0.3 is 10.4 Å². The fraction of sp³-hybridized carbons (Fsp3) is 0.375. The summed E-state index contributed by atoms with van der Waals surface area (Å²) in [6.07, 6.45) is 3.06. The number of rotatable bonds is 9. The van der Waals surface area contributed by atoms with E-state index >= 15 is 0 Å². The maximum atomic E-state index is 12.6. The van der Waals surface area contributed by atoms with Crippen molar-refractivity contribution in [3.63, 3.8) is 0 Å². The topological polar surface area (TPSA) is 104 Å². The zero-order valence-corrected chi connectivity index (χ0v) is 14.5. The zero-order valence-electron chi connectivity index (χ0n) is 13.7. The Hall–Kier alpha value is -2.19. The molecule has 0 atom stereocenters. The van der Waals surface area contributed by atoms with Gasteiger partial charge in [0.2, 0.25) is 15.9 Å². The Morgan fingerprint density at radius 3 is 2.08 bits per heavy atom. The van der Waals surface area contributed by atoms with Crippen LogP contribution in [0.4, 0.5) is 5.69 Å². The lowest BCUT2D eigenvalue weighted by Gasteiger charge is -2.21. The summed E-state index contributed by atoms with van der Waals surface area (Å²) in [6, 6.07) is 5.78. The Kier molecular flexibility index (Phi) is 7.60. The van der Waals surface area contributed by atoms with Gasteiger partial charge in [-0.25, -0.2) is 13.2 Å². The van der Waals surface area contributed by atoms with Gasteiger partial charge in [0.15, 0.2) is 0 Å². The molecule has 0 fully saturated rings. The molecule has 0 saturated heterocycles. The normalized spacial score (nSPS) is 11.8. The molecule has 132 valence electrons. The van der Waals surface area contributed by atoms with Crippen LogP contribution < -0.4 is 5.32 Å². The molecule has 0 unspecified atom stereocenters. The van der Waals surface area contributed by atoms with Crippen molar-refractivity contribution in [2.45, 2.75) is 31.6 Å². The van der Waals surface area contributed by atoms with E-state index in [1.165, 1.54) is 28.6 Å². The minimum Gasteiger partial charge on any atom is -0.478 e. The van der Waals surface area contributed by atoms with E-state index in [4.69, 9.17) is 5.11 Å². The van der Waals surface area contributed by atoms with E-state index in [-0.39, 0.29) is 4.90 Å². The summed E-state index contributed by atoms with van der Waals surface area (Å²) < 4.78 is 26.6. The molecular formula is C16H22N2O5S. The third kappa shape index (κ3) is 5.78. The van der Waals surface area contributed by atoms with E-state index in [2.05, 4.69) is 5.32 Å². The number of nitrogens with zero attached hydrogens (tertiary/aromatic N) is 1. The molecule has 1 rings (SSSR count). The predicted molar refractivity (Wildman–Crippen MR) is 91.2 cm³/mol. The van der Waals surface area contributed by atoms with Crippen molar-refractivity contribution in [3.05, 3.63) is 36.4 Å². The standard InChI is InChI=1S/C16H22N2O5S/c1-3-11-18(12-4-2)24(22,23)14-7-5-13(6-8-14)17-15(19)9-10-16(20)21/h5-10H,3-4,11-12H2,1-2H3,(H,17,19)(H,20,21)/b10-9+. The van der Waals surface area contributed by atoms with E-state index in [1.807, 2.05) is 13.8 Å². The van der Waals surface area contributed by atoms with Gasteiger partial charge in [-0.2, -0.15) is 4.31 Å². The Morgan fingerprint density at radius 2 is 1.62 bits per heavy atom. The van der Waals surface area contributed by atoms with Gasteiger partial charge in [-0.3, -0.25) is 4.79 Å². The van der Waals surface area contributed by atoms with Crippen LogP contribution in [0.3, 0.4) is 0 Å². The van der Waals surface area contributed by atoms with Crippen molar-refractivity contribution in [1.82, 2.24) is 4.31 Å². The highest BCUT2D eigenvalue weighted by Crippen LogP contribution is 2.19. The van der Waals surface area contributed by atoms with Crippen molar-refractivity contribution >= 4 is 27.6 Å². The summed E-state index contributed by atoms with van der Waals surface area (Å²) in [6.45, 7) is 4.74. The molecule has 0 aromatic heterocycles. The van der Waals surface area contributed by atoms with E-state index in [0.717, 1.165) is 25.0 Å². The first-order chi connectivity index (χ1) is 11.3. The first kappa shape index (κ1) is 19.9. The van der Waals surface area contributed by atoms with Crippen LogP contribution in [0.2, 0.25) is 0 Å². The van der Waals surface area contributed by atoms with Gasteiger partial charge in [-0.15, -0.1) is 0 Å². The summed E-state index contributed by atoms with van der Waals surface area (Å²) in [5.41, 5.74) is 0.381. The lowest BCUT2D eigenvalue weighted by atomic mass is 10.3.